The zero-order valence-electron chi connectivity index (χ0n) is 16.5. The van der Waals surface area contributed by atoms with E-state index in [1.54, 1.807) is 24.0 Å². The number of carbonyl (C=O) groups is 1. The average molecular weight is 481 g/mol. The normalized spacial score (nSPS) is 11.2. The number of aryl methyl sites for hydroxylation is 1. The smallest absolute Gasteiger partial charge is 0.240 e. The van der Waals surface area contributed by atoms with Gasteiger partial charge in [-0.3, -0.25) is 4.79 Å². The summed E-state index contributed by atoms with van der Waals surface area (Å²) in [6.07, 6.45) is 2.01. The molecule has 1 heterocycles. The topological polar surface area (TPSA) is 46.4 Å². The van der Waals surface area contributed by atoms with Crippen LogP contribution in [0.3, 0.4) is 0 Å². The second-order valence-electron chi connectivity index (χ2n) is 6.64. The molecule has 0 aliphatic heterocycles. The van der Waals surface area contributed by atoms with Crippen molar-refractivity contribution in [2.45, 2.75) is 25.2 Å². The molecule has 0 aliphatic carbocycles. The molecule has 3 rings (SSSR count). The fourth-order valence-electron chi connectivity index (χ4n) is 3.01. The van der Waals surface area contributed by atoms with Crippen LogP contribution in [-0.2, 0) is 4.79 Å². The summed E-state index contributed by atoms with van der Waals surface area (Å²) in [6.45, 7) is 3.97. The van der Waals surface area contributed by atoms with Crippen LogP contribution in [0, 0.1) is 13.8 Å². The molecule has 156 valence electrons. The summed E-state index contributed by atoms with van der Waals surface area (Å²) in [6, 6.07) is 14.9. The third-order valence-corrected chi connectivity index (χ3v) is 6.08. The van der Waals surface area contributed by atoms with E-state index in [2.05, 4.69) is 10.5 Å². The molecule has 0 atom stereocenters. The van der Waals surface area contributed by atoms with Gasteiger partial charge >= 0.3 is 0 Å². The van der Waals surface area contributed by atoms with Gasteiger partial charge in [0.15, 0.2) is 0 Å². The fraction of sp³-hybridized carbons (Fsp3) is 0.182. The summed E-state index contributed by atoms with van der Waals surface area (Å²) in [5.41, 5.74) is 6.35. The highest BCUT2D eigenvalue weighted by atomic mass is 35.5. The monoisotopic (exact) mass is 479 g/mol. The molecule has 0 spiro atoms. The molecule has 8 heteroatoms. The van der Waals surface area contributed by atoms with Crippen LogP contribution in [-0.4, -0.2) is 22.4 Å². The minimum Gasteiger partial charge on any atom is -0.318 e. The van der Waals surface area contributed by atoms with Crippen molar-refractivity contribution in [2.24, 2.45) is 5.10 Å². The van der Waals surface area contributed by atoms with Gasteiger partial charge in [0.2, 0.25) is 5.91 Å². The Balaban J connectivity index is 1.58. The van der Waals surface area contributed by atoms with Gasteiger partial charge in [0, 0.05) is 54.8 Å². The van der Waals surface area contributed by atoms with Crippen molar-refractivity contribution in [3.63, 3.8) is 0 Å². The second-order valence-corrected chi connectivity index (χ2v) is 9.11. The number of nitrogens with zero attached hydrogens (tertiary/aromatic N) is 2. The molecule has 0 saturated carbocycles. The Morgan fingerprint density at radius 1 is 1.03 bits per heavy atom. The van der Waals surface area contributed by atoms with Gasteiger partial charge in [0.05, 0.1) is 6.21 Å². The van der Waals surface area contributed by atoms with E-state index in [9.17, 15) is 4.79 Å². The van der Waals surface area contributed by atoms with Crippen LogP contribution in [0.1, 0.15) is 23.4 Å². The first-order valence-electron chi connectivity index (χ1n) is 9.19. The molecule has 0 unspecified atom stereocenters. The third-order valence-electron chi connectivity index (χ3n) is 4.38. The minimum atomic E-state index is -0.136. The molecule has 2 aromatic carbocycles. The lowest BCUT2D eigenvalue weighted by atomic mass is 10.2. The molecule has 0 bridgehead atoms. The van der Waals surface area contributed by atoms with Crippen molar-refractivity contribution < 1.29 is 4.79 Å². The van der Waals surface area contributed by atoms with Gasteiger partial charge < -0.3 is 4.57 Å². The number of halogens is 3. The standard InChI is InChI=1S/C22H20Cl3N3OS/c1-14-9-16(15(2)28(14)20-11-18(24)10-19(25)12-20)13-26-27-22(29)7-8-30-21-5-3-17(23)4-6-21/h3-6,9-13H,7-8H2,1-2H3,(H,27,29). The van der Waals surface area contributed by atoms with E-state index in [4.69, 9.17) is 34.8 Å². The Morgan fingerprint density at radius 3 is 2.37 bits per heavy atom. The lowest BCUT2D eigenvalue weighted by molar-refractivity contribution is -0.120. The number of amides is 1. The van der Waals surface area contributed by atoms with Crippen molar-refractivity contribution in [3.05, 3.63) is 80.6 Å². The minimum absolute atomic E-state index is 0.136. The molecule has 1 aromatic heterocycles. The summed E-state index contributed by atoms with van der Waals surface area (Å²) in [5, 5.41) is 5.95. The maximum atomic E-state index is 12.0. The number of hydrogen-bond donors (Lipinski definition) is 1. The maximum Gasteiger partial charge on any atom is 0.240 e. The molecule has 3 aromatic rings. The Morgan fingerprint density at radius 2 is 1.70 bits per heavy atom. The fourth-order valence-corrected chi connectivity index (χ4v) is 4.50. The third kappa shape index (κ3) is 6.05. The van der Waals surface area contributed by atoms with Gasteiger partial charge in [0.25, 0.3) is 0 Å². The first-order valence-corrected chi connectivity index (χ1v) is 11.3. The number of aromatic nitrogens is 1. The molecule has 0 saturated heterocycles. The van der Waals surface area contributed by atoms with E-state index >= 15 is 0 Å². The number of hydrazone groups is 1. The second kappa shape index (κ2) is 10.4. The molecule has 1 amide bonds. The maximum absolute atomic E-state index is 12.0. The average Bonchev–Trinajstić information content (AvgIpc) is 2.96. The van der Waals surface area contributed by atoms with Crippen LogP contribution < -0.4 is 5.43 Å². The van der Waals surface area contributed by atoms with Crippen LogP contribution in [0.2, 0.25) is 15.1 Å². The van der Waals surface area contributed by atoms with E-state index in [1.807, 2.05) is 60.9 Å². The van der Waals surface area contributed by atoms with Gasteiger partial charge in [0.1, 0.15) is 0 Å². The Kier molecular flexibility index (Phi) is 7.89. The summed E-state index contributed by atoms with van der Waals surface area (Å²) < 4.78 is 2.05. The lowest BCUT2D eigenvalue weighted by Gasteiger charge is -2.10. The van der Waals surface area contributed by atoms with E-state index in [-0.39, 0.29) is 5.91 Å². The Labute approximate surface area is 195 Å². The molecular weight excluding hydrogens is 461 g/mol. The Hall–Kier alpha value is -1.92. The Bertz CT molecular complexity index is 1060. The van der Waals surface area contributed by atoms with E-state index in [1.165, 1.54) is 0 Å². The van der Waals surface area contributed by atoms with E-state index in [0.29, 0.717) is 27.2 Å². The summed E-state index contributed by atoms with van der Waals surface area (Å²) >= 11 is 19.7. The van der Waals surface area contributed by atoms with Crippen molar-refractivity contribution in [3.8, 4) is 5.69 Å². The van der Waals surface area contributed by atoms with Gasteiger partial charge in [-0.15, -0.1) is 11.8 Å². The summed E-state index contributed by atoms with van der Waals surface area (Å²) in [5.74, 6) is 0.524. The van der Waals surface area contributed by atoms with Crippen molar-refractivity contribution in [1.29, 1.82) is 0 Å². The lowest BCUT2D eigenvalue weighted by Crippen LogP contribution is -2.17. The largest absolute Gasteiger partial charge is 0.318 e. The van der Waals surface area contributed by atoms with Gasteiger partial charge in [-0.25, -0.2) is 5.43 Å². The predicted octanol–water partition coefficient (Wildman–Crippen LogP) is 6.69. The number of benzene rings is 2. The molecule has 0 radical (unpaired) electrons. The molecule has 0 aliphatic rings. The summed E-state index contributed by atoms with van der Waals surface area (Å²) in [7, 11) is 0. The first kappa shape index (κ1) is 22.8. The van der Waals surface area contributed by atoms with Crippen LogP contribution >= 0.6 is 46.6 Å². The molecule has 0 fully saturated rings. The van der Waals surface area contributed by atoms with Crippen molar-refractivity contribution in [2.75, 3.05) is 5.75 Å². The van der Waals surface area contributed by atoms with Crippen LogP contribution in [0.25, 0.3) is 5.69 Å². The molecular formula is C22H20Cl3N3OS. The van der Waals surface area contributed by atoms with E-state index in [0.717, 1.165) is 27.5 Å². The number of rotatable bonds is 7. The number of nitrogens with one attached hydrogen (secondary N) is 1. The van der Waals surface area contributed by atoms with Crippen LogP contribution in [0.4, 0.5) is 0 Å². The summed E-state index contributed by atoms with van der Waals surface area (Å²) in [4.78, 5) is 13.1. The zero-order chi connectivity index (χ0) is 21.7. The van der Waals surface area contributed by atoms with Gasteiger partial charge in [-0.1, -0.05) is 34.8 Å². The van der Waals surface area contributed by atoms with Crippen molar-refractivity contribution in [1.82, 2.24) is 9.99 Å². The quantitative estimate of drug-likeness (QED) is 0.233. The SMILES string of the molecule is Cc1cc(C=NNC(=O)CCSc2ccc(Cl)cc2)c(C)n1-c1cc(Cl)cc(Cl)c1. The highest BCUT2D eigenvalue weighted by Gasteiger charge is 2.11. The highest BCUT2D eigenvalue weighted by molar-refractivity contribution is 7.99. The number of thioether (sulfide) groups is 1. The predicted molar refractivity (Wildman–Crippen MR) is 128 cm³/mol. The van der Waals surface area contributed by atoms with Gasteiger partial charge in [-0.2, -0.15) is 5.10 Å². The highest BCUT2D eigenvalue weighted by Crippen LogP contribution is 2.26. The molecule has 1 N–H and O–H groups in total. The van der Waals surface area contributed by atoms with Crippen LogP contribution in [0.15, 0.2) is 58.5 Å². The van der Waals surface area contributed by atoms with Gasteiger partial charge in [-0.05, 0) is 62.4 Å². The first-order chi connectivity index (χ1) is 14.3. The van der Waals surface area contributed by atoms with Crippen molar-refractivity contribution >= 4 is 58.7 Å². The molecule has 4 nitrogen and oxygen atoms in total. The van der Waals surface area contributed by atoms with E-state index < -0.39 is 0 Å². The zero-order valence-corrected chi connectivity index (χ0v) is 19.5. The number of carbonyl (C=O) groups excluding carboxylic acids is 1. The molecule has 30 heavy (non-hydrogen) atoms. The number of hydrogen-bond acceptors (Lipinski definition) is 3. The van der Waals surface area contributed by atoms with Crippen LogP contribution in [0.5, 0.6) is 0 Å².